The number of hydrogen-bond donors (Lipinski definition) is 2. The lowest BCUT2D eigenvalue weighted by atomic mass is 9.83. The second-order valence-corrected chi connectivity index (χ2v) is 7.96. The van der Waals surface area contributed by atoms with E-state index in [1.807, 2.05) is 0 Å². The van der Waals surface area contributed by atoms with Gasteiger partial charge in [0.15, 0.2) is 0 Å². The third kappa shape index (κ3) is 4.98. The summed E-state index contributed by atoms with van der Waals surface area (Å²) in [4.78, 5) is 2.23. The Hall–Kier alpha value is -0.170. The minimum Gasteiger partial charge on any atom is -0.314 e. The van der Waals surface area contributed by atoms with E-state index in [1.165, 1.54) is 12.8 Å². The van der Waals surface area contributed by atoms with Crippen molar-refractivity contribution in [3.8, 4) is 0 Å². The molecule has 2 atom stereocenters. The third-order valence-corrected chi connectivity index (χ3v) is 6.03. The molecule has 1 aliphatic carbocycles. The maximum atomic E-state index is 12.2. The van der Waals surface area contributed by atoms with Crippen LogP contribution in [-0.2, 0) is 10.0 Å². The molecule has 118 valence electrons. The second-order valence-electron chi connectivity index (χ2n) is 6.09. The van der Waals surface area contributed by atoms with Gasteiger partial charge in [0.1, 0.15) is 0 Å². The molecule has 1 aliphatic heterocycles. The van der Waals surface area contributed by atoms with E-state index < -0.39 is 10.0 Å². The maximum Gasteiger partial charge on any atom is 0.213 e. The molecule has 0 aromatic rings. The highest BCUT2D eigenvalue weighted by molar-refractivity contribution is 7.89. The average Bonchev–Trinajstić information content (AvgIpc) is 2.47. The van der Waals surface area contributed by atoms with E-state index >= 15 is 0 Å². The summed E-state index contributed by atoms with van der Waals surface area (Å²) in [6, 6.07) is 0.168. The quantitative estimate of drug-likeness (QED) is 0.761. The zero-order valence-corrected chi connectivity index (χ0v) is 13.4. The van der Waals surface area contributed by atoms with Crippen LogP contribution in [-0.4, -0.2) is 57.8 Å². The molecule has 0 bridgehead atoms. The number of rotatable bonds is 6. The van der Waals surface area contributed by atoms with E-state index in [0.717, 1.165) is 45.4 Å². The number of hydrogen-bond acceptors (Lipinski definition) is 4. The number of nitrogens with one attached hydrogen (secondary N) is 2. The first-order chi connectivity index (χ1) is 9.61. The van der Waals surface area contributed by atoms with Gasteiger partial charge in [-0.2, -0.15) is 0 Å². The van der Waals surface area contributed by atoms with Gasteiger partial charge in [-0.3, -0.25) is 4.90 Å². The molecule has 0 radical (unpaired) electrons. The first-order valence-corrected chi connectivity index (χ1v) is 9.69. The van der Waals surface area contributed by atoms with Crippen LogP contribution in [0.5, 0.6) is 0 Å². The Morgan fingerprint density at radius 3 is 2.60 bits per heavy atom. The van der Waals surface area contributed by atoms with Crippen molar-refractivity contribution in [2.24, 2.45) is 5.92 Å². The van der Waals surface area contributed by atoms with Crippen molar-refractivity contribution < 1.29 is 8.42 Å². The molecule has 2 N–H and O–H groups in total. The van der Waals surface area contributed by atoms with Crippen molar-refractivity contribution in [3.05, 3.63) is 0 Å². The summed E-state index contributed by atoms with van der Waals surface area (Å²) in [5.41, 5.74) is 0. The monoisotopic (exact) mass is 303 g/mol. The highest BCUT2D eigenvalue weighted by atomic mass is 32.2. The molecule has 2 rings (SSSR count). The molecular formula is C14H29N3O2S. The first-order valence-electron chi connectivity index (χ1n) is 8.04. The Balaban J connectivity index is 1.80. The minimum atomic E-state index is -3.14. The fraction of sp³-hybridized carbons (Fsp3) is 1.00. The number of nitrogens with zero attached hydrogens (tertiary/aromatic N) is 1. The molecule has 2 unspecified atom stereocenters. The summed E-state index contributed by atoms with van der Waals surface area (Å²) < 4.78 is 27.5. The van der Waals surface area contributed by atoms with Crippen LogP contribution >= 0.6 is 0 Å². The van der Waals surface area contributed by atoms with E-state index in [2.05, 4.69) is 21.9 Å². The lowest BCUT2D eigenvalue weighted by molar-refractivity contribution is 0.252. The Morgan fingerprint density at radius 2 is 1.90 bits per heavy atom. The normalized spacial score (nSPS) is 29.4. The summed E-state index contributed by atoms with van der Waals surface area (Å²) in [6.07, 6.45) is 5.65. The highest BCUT2D eigenvalue weighted by Crippen LogP contribution is 2.27. The van der Waals surface area contributed by atoms with Crippen LogP contribution in [0.2, 0.25) is 0 Å². The van der Waals surface area contributed by atoms with Crippen molar-refractivity contribution in [3.63, 3.8) is 0 Å². The zero-order chi connectivity index (χ0) is 14.4. The first kappa shape index (κ1) is 16.2. The van der Waals surface area contributed by atoms with E-state index in [4.69, 9.17) is 0 Å². The van der Waals surface area contributed by atoms with Gasteiger partial charge in [-0.05, 0) is 18.8 Å². The summed E-state index contributed by atoms with van der Waals surface area (Å²) >= 11 is 0. The molecule has 0 spiro atoms. The Morgan fingerprint density at radius 1 is 1.20 bits per heavy atom. The number of piperazine rings is 1. The standard InChI is InChI=1S/C14H29N3O2S/c1-2-13-5-3-4-6-14(13)16-20(18,19)12-11-17-9-7-15-8-10-17/h13-16H,2-12H2,1H3. The topological polar surface area (TPSA) is 61.4 Å². The fourth-order valence-electron chi connectivity index (χ4n) is 3.33. The largest absolute Gasteiger partial charge is 0.314 e. The minimum absolute atomic E-state index is 0.168. The molecule has 5 nitrogen and oxygen atoms in total. The van der Waals surface area contributed by atoms with Crippen LogP contribution in [0.1, 0.15) is 39.0 Å². The number of sulfonamides is 1. The Labute approximate surface area is 123 Å². The summed E-state index contributed by atoms with van der Waals surface area (Å²) in [5, 5.41) is 3.28. The molecule has 6 heteroatoms. The third-order valence-electron chi connectivity index (χ3n) is 4.65. The van der Waals surface area contributed by atoms with Crippen LogP contribution in [0, 0.1) is 5.92 Å². The molecule has 20 heavy (non-hydrogen) atoms. The molecule has 1 saturated heterocycles. The van der Waals surface area contributed by atoms with Crippen LogP contribution in [0.4, 0.5) is 0 Å². The molecular weight excluding hydrogens is 274 g/mol. The summed E-state index contributed by atoms with van der Waals surface area (Å²) in [7, 11) is -3.14. The van der Waals surface area contributed by atoms with Gasteiger partial charge in [-0.25, -0.2) is 13.1 Å². The van der Waals surface area contributed by atoms with Gasteiger partial charge in [0.25, 0.3) is 0 Å². The maximum absolute atomic E-state index is 12.2. The highest BCUT2D eigenvalue weighted by Gasteiger charge is 2.27. The molecule has 2 aliphatic rings. The molecule has 1 saturated carbocycles. The van der Waals surface area contributed by atoms with Crippen molar-refractivity contribution >= 4 is 10.0 Å². The van der Waals surface area contributed by atoms with E-state index in [0.29, 0.717) is 12.5 Å². The lowest BCUT2D eigenvalue weighted by Crippen LogP contribution is -2.48. The zero-order valence-electron chi connectivity index (χ0n) is 12.6. The van der Waals surface area contributed by atoms with Gasteiger partial charge >= 0.3 is 0 Å². The van der Waals surface area contributed by atoms with Crippen molar-refractivity contribution in [2.45, 2.75) is 45.1 Å². The lowest BCUT2D eigenvalue weighted by Gasteiger charge is -2.32. The van der Waals surface area contributed by atoms with Gasteiger partial charge in [-0.15, -0.1) is 0 Å². The van der Waals surface area contributed by atoms with Crippen LogP contribution in [0.15, 0.2) is 0 Å². The van der Waals surface area contributed by atoms with Gasteiger partial charge in [-0.1, -0.05) is 26.2 Å². The van der Waals surface area contributed by atoms with Gasteiger partial charge in [0.05, 0.1) is 5.75 Å². The van der Waals surface area contributed by atoms with Gasteiger partial charge in [0, 0.05) is 38.8 Å². The average molecular weight is 303 g/mol. The van der Waals surface area contributed by atoms with Crippen LogP contribution in [0.3, 0.4) is 0 Å². The van der Waals surface area contributed by atoms with Crippen molar-refractivity contribution in [1.29, 1.82) is 0 Å². The van der Waals surface area contributed by atoms with Crippen LogP contribution in [0.25, 0.3) is 0 Å². The van der Waals surface area contributed by atoms with E-state index in [-0.39, 0.29) is 11.8 Å². The SMILES string of the molecule is CCC1CCCCC1NS(=O)(=O)CCN1CCNCC1. The molecule has 1 heterocycles. The summed E-state index contributed by atoms with van der Waals surface area (Å²) in [5.74, 6) is 0.762. The smallest absolute Gasteiger partial charge is 0.213 e. The Kier molecular flexibility index (Phi) is 6.26. The van der Waals surface area contributed by atoms with E-state index in [9.17, 15) is 8.42 Å². The predicted molar refractivity (Wildman–Crippen MR) is 82.3 cm³/mol. The van der Waals surface area contributed by atoms with Gasteiger partial charge < -0.3 is 5.32 Å². The summed E-state index contributed by atoms with van der Waals surface area (Å²) in [6.45, 7) is 6.66. The van der Waals surface area contributed by atoms with E-state index in [1.54, 1.807) is 0 Å². The van der Waals surface area contributed by atoms with Gasteiger partial charge in [0.2, 0.25) is 10.0 Å². The molecule has 0 aromatic heterocycles. The van der Waals surface area contributed by atoms with Crippen LogP contribution < -0.4 is 10.0 Å². The van der Waals surface area contributed by atoms with Crippen molar-refractivity contribution in [2.75, 3.05) is 38.5 Å². The molecule has 0 amide bonds. The molecule has 2 fully saturated rings. The fourth-order valence-corrected chi connectivity index (χ4v) is 4.71. The van der Waals surface area contributed by atoms with Crippen molar-refractivity contribution in [1.82, 2.24) is 14.9 Å². The molecule has 0 aromatic carbocycles. The Bertz CT molecular complexity index is 380. The second kappa shape index (κ2) is 7.73. The predicted octanol–water partition coefficient (Wildman–Crippen LogP) is 0.780.